The van der Waals surface area contributed by atoms with Gasteiger partial charge in [0.05, 0.1) is 22.8 Å². The lowest BCUT2D eigenvalue weighted by Gasteiger charge is -2.24. The number of fused-ring (bicyclic) bond motifs is 4. The van der Waals surface area contributed by atoms with Crippen LogP contribution in [0.1, 0.15) is 66.5 Å². The molecule has 2 aromatic heterocycles. The van der Waals surface area contributed by atoms with E-state index in [0.29, 0.717) is 0 Å². The van der Waals surface area contributed by atoms with Gasteiger partial charge in [-0.3, -0.25) is 24.6 Å². The molecule has 0 saturated heterocycles. The van der Waals surface area contributed by atoms with Crippen molar-refractivity contribution in [3.8, 4) is 22.3 Å². The normalized spacial score (nSPS) is 16.6. The third kappa shape index (κ3) is 16.3. The number of nitrogens with one attached hydrogen (secondary N) is 4. The fraction of sp³-hybridized carbons (Fsp3) is 0.396. The number of aliphatic carboxylic acids is 1. The zero-order chi connectivity index (χ0) is 40.2. The highest BCUT2D eigenvalue weighted by atomic mass is 79.9. The average molecular weight is 864 g/mol. The van der Waals surface area contributed by atoms with Crippen LogP contribution in [-0.2, 0) is 44.1 Å². The van der Waals surface area contributed by atoms with Gasteiger partial charge in [0.15, 0.2) is 0 Å². The summed E-state index contributed by atoms with van der Waals surface area (Å²) in [5, 5.41) is 22.1. The molecule has 0 amide bonds. The molecule has 10 nitrogen and oxygen atoms in total. The van der Waals surface area contributed by atoms with E-state index in [9.17, 15) is 0 Å². The molecule has 5 aromatic rings. The maximum absolute atomic E-state index is 9.00. The average Bonchev–Trinajstić information content (AvgIpc) is 3.23. The minimum absolute atomic E-state index is 0. The number of pyridine rings is 2. The molecule has 0 radical (unpaired) electrons. The number of carboxylic acids is 1. The summed E-state index contributed by atoms with van der Waals surface area (Å²) >= 11 is 0. The van der Waals surface area contributed by atoms with Gasteiger partial charge in [-0.1, -0.05) is 84.9 Å². The van der Waals surface area contributed by atoms with Crippen LogP contribution in [-0.4, -0.2) is 83.2 Å². The zero-order valence-electron chi connectivity index (χ0n) is 34.7. The van der Waals surface area contributed by atoms with Gasteiger partial charge in [-0.15, -0.1) is 17.0 Å². The lowest BCUT2D eigenvalue weighted by molar-refractivity contribution is -0.134. The van der Waals surface area contributed by atoms with Crippen molar-refractivity contribution >= 4 is 23.0 Å². The Morgan fingerprint density at radius 2 is 0.797 bits per heavy atom. The quantitative estimate of drug-likeness (QED) is 0.118. The Bertz CT molecular complexity index is 1760. The van der Waals surface area contributed by atoms with Gasteiger partial charge < -0.3 is 26.4 Å². The van der Waals surface area contributed by atoms with E-state index in [1.54, 1.807) is 0 Å². The number of hydrogen-bond donors (Lipinski definition) is 5. The van der Waals surface area contributed by atoms with Crippen molar-refractivity contribution in [1.82, 2.24) is 41.0 Å². The third-order valence-corrected chi connectivity index (χ3v) is 10.4. The number of carboxylic acid groups (broad SMARTS) is 1. The molecule has 4 bridgehead atoms. The second-order valence-electron chi connectivity index (χ2n) is 15.4. The molecule has 2 aliphatic heterocycles. The fourth-order valence-electron chi connectivity index (χ4n) is 7.64. The molecule has 0 unspecified atom stereocenters. The predicted octanol–water partition coefficient (Wildman–Crippen LogP) is 7.43. The monoisotopic (exact) mass is 862 g/mol. The minimum atomic E-state index is -0.833. The summed E-state index contributed by atoms with van der Waals surface area (Å²) in [6.45, 7) is 14.5. The van der Waals surface area contributed by atoms with E-state index in [4.69, 9.17) is 19.9 Å². The molecule has 5 N–H and O–H groups in total. The molecule has 314 valence electrons. The molecule has 4 heterocycles. The number of nitrogens with zero attached hydrogens (tertiary/aromatic N) is 4. The molecule has 0 aliphatic carbocycles. The van der Waals surface area contributed by atoms with Gasteiger partial charge in [0.2, 0.25) is 0 Å². The molecular formula is C48H63BrN8O2. The van der Waals surface area contributed by atoms with Crippen LogP contribution in [0.3, 0.4) is 0 Å². The second kappa shape index (κ2) is 25.3. The van der Waals surface area contributed by atoms with Crippen LogP contribution in [0, 0.1) is 0 Å². The van der Waals surface area contributed by atoms with E-state index >= 15 is 0 Å². The van der Waals surface area contributed by atoms with Gasteiger partial charge in [0.1, 0.15) is 0 Å². The first-order valence-corrected chi connectivity index (χ1v) is 21.1. The lowest BCUT2D eigenvalue weighted by Crippen LogP contribution is -2.31. The summed E-state index contributed by atoms with van der Waals surface area (Å²) in [6.07, 6.45) is 4.47. The van der Waals surface area contributed by atoms with Gasteiger partial charge in [0.25, 0.3) is 5.97 Å². The summed E-state index contributed by atoms with van der Waals surface area (Å²) in [7, 11) is 0. The van der Waals surface area contributed by atoms with Crippen LogP contribution >= 0.6 is 17.0 Å². The second-order valence-corrected chi connectivity index (χ2v) is 15.4. The van der Waals surface area contributed by atoms with Gasteiger partial charge in [-0.25, -0.2) is 0 Å². The standard InChI is InChI=1S/C46H58N8.C2H4O2.BrH/c1-3-11-39(12-4-1)41-27-43-31-47-19-7-23-53(24-8-20-48-32-44(28-41)51-43)35-37-15-17-38(18-16-37)36-54-25-9-21-49-33-45-29-42(40-13-5-2-6-14-40)30-46(52-45)34-50-22-10-26-54;1-2(3)4;/h1-6,11-18,27-30,47-50H,7-10,19-26,31-36H2;1H3,(H,3,4);1H. The summed E-state index contributed by atoms with van der Waals surface area (Å²) in [6, 6.07) is 39.7. The van der Waals surface area contributed by atoms with Crippen molar-refractivity contribution in [2.45, 2.75) is 71.9 Å². The lowest BCUT2D eigenvalue weighted by atomic mass is 10.0. The molecule has 0 fully saturated rings. The van der Waals surface area contributed by atoms with Crippen molar-refractivity contribution in [3.63, 3.8) is 0 Å². The first-order chi connectivity index (χ1) is 28.5. The number of rotatable bonds is 6. The zero-order valence-corrected chi connectivity index (χ0v) is 36.4. The number of aromatic nitrogens is 2. The highest BCUT2D eigenvalue weighted by Crippen LogP contribution is 2.22. The van der Waals surface area contributed by atoms with Crippen LogP contribution in [0.4, 0.5) is 0 Å². The topological polar surface area (TPSA) is 118 Å². The first kappa shape index (κ1) is 45.7. The van der Waals surface area contributed by atoms with Gasteiger partial charge >= 0.3 is 0 Å². The minimum Gasteiger partial charge on any atom is -0.481 e. The summed E-state index contributed by atoms with van der Waals surface area (Å²) in [4.78, 5) is 24.2. The maximum atomic E-state index is 9.00. The number of carbonyl (C=O) groups is 1. The van der Waals surface area contributed by atoms with Gasteiger partial charge in [-0.05, 0) is 136 Å². The van der Waals surface area contributed by atoms with Crippen LogP contribution in [0.2, 0.25) is 0 Å². The molecule has 0 atom stereocenters. The molecule has 2 aliphatic rings. The SMILES string of the molecule is Br.CC(=O)O.c1ccc(-c2cc3nc(c2)CNCCCN(Cc2ccc(CN4CCCNCc5cc(-c6ccccc6)cc(n5)CNCCC4)cc2)CCCNC3)cc1. The van der Waals surface area contributed by atoms with E-state index in [1.807, 2.05) is 0 Å². The van der Waals surface area contributed by atoms with Crippen LogP contribution < -0.4 is 21.3 Å². The van der Waals surface area contributed by atoms with E-state index in [-0.39, 0.29) is 17.0 Å². The van der Waals surface area contributed by atoms with Crippen LogP contribution in [0.25, 0.3) is 22.3 Å². The first-order valence-electron chi connectivity index (χ1n) is 21.1. The molecule has 11 heteroatoms. The fourth-order valence-corrected chi connectivity index (χ4v) is 7.64. The molecule has 0 spiro atoms. The number of halogens is 1. The largest absolute Gasteiger partial charge is 0.481 e. The summed E-state index contributed by atoms with van der Waals surface area (Å²) in [5.41, 5.74) is 12.2. The Morgan fingerprint density at radius 1 is 0.508 bits per heavy atom. The van der Waals surface area contributed by atoms with E-state index in [1.165, 1.54) is 33.4 Å². The Morgan fingerprint density at radius 3 is 1.08 bits per heavy atom. The molecule has 3 aromatic carbocycles. The van der Waals surface area contributed by atoms with Crippen molar-refractivity contribution in [1.29, 1.82) is 0 Å². The highest BCUT2D eigenvalue weighted by molar-refractivity contribution is 8.93. The van der Waals surface area contributed by atoms with Crippen LogP contribution in [0.5, 0.6) is 0 Å². The van der Waals surface area contributed by atoms with Crippen LogP contribution in [0.15, 0.2) is 109 Å². The van der Waals surface area contributed by atoms with Crippen molar-refractivity contribution in [3.05, 3.63) is 143 Å². The Labute approximate surface area is 362 Å². The summed E-state index contributed by atoms with van der Waals surface area (Å²) < 4.78 is 0. The van der Waals surface area contributed by atoms with E-state index < -0.39 is 5.97 Å². The molecule has 0 saturated carbocycles. The van der Waals surface area contributed by atoms with Crippen molar-refractivity contribution < 1.29 is 9.90 Å². The maximum Gasteiger partial charge on any atom is 0.300 e. The molecule has 59 heavy (non-hydrogen) atoms. The van der Waals surface area contributed by atoms with Gasteiger partial charge in [-0.2, -0.15) is 0 Å². The molecular weight excluding hydrogens is 800 g/mol. The summed E-state index contributed by atoms with van der Waals surface area (Å²) in [5.74, 6) is -0.833. The number of hydrogen-bond acceptors (Lipinski definition) is 9. The Hall–Kier alpha value is -4.33. The van der Waals surface area contributed by atoms with E-state index in [2.05, 4.69) is 140 Å². The predicted molar refractivity (Wildman–Crippen MR) is 245 cm³/mol. The molecule has 7 rings (SSSR count). The third-order valence-electron chi connectivity index (χ3n) is 10.4. The number of benzene rings is 3. The van der Waals surface area contributed by atoms with E-state index in [0.717, 1.165) is 147 Å². The van der Waals surface area contributed by atoms with Gasteiger partial charge in [0, 0.05) is 46.2 Å². The van der Waals surface area contributed by atoms with Crippen molar-refractivity contribution in [2.75, 3.05) is 52.4 Å². The Kier molecular flexibility index (Phi) is 19.6. The smallest absolute Gasteiger partial charge is 0.300 e. The highest BCUT2D eigenvalue weighted by Gasteiger charge is 2.12. The Balaban J connectivity index is 0.00000127. The van der Waals surface area contributed by atoms with Crippen molar-refractivity contribution in [2.24, 2.45) is 0 Å².